The van der Waals surface area contributed by atoms with Crippen molar-refractivity contribution < 1.29 is 0 Å². The smallest absolute Gasteiger partial charge is 0.0900 e. The second-order valence-electron chi connectivity index (χ2n) is 3.98. The molecule has 0 aliphatic heterocycles. The maximum atomic E-state index is 4.50. The highest BCUT2D eigenvalue weighted by Crippen LogP contribution is 2.27. The summed E-state index contributed by atoms with van der Waals surface area (Å²) in [6.45, 7) is 9.75. The predicted molar refractivity (Wildman–Crippen MR) is 67.5 cm³/mol. The quantitative estimate of drug-likeness (QED) is 0.801. The summed E-state index contributed by atoms with van der Waals surface area (Å²) < 4.78 is 0. The first-order valence-electron chi connectivity index (χ1n) is 5.86. The van der Waals surface area contributed by atoms with Crippen molar-refractivity contribution in [1.29, 1.82) is 0 Å². The monoisotopic (exact) mass is 226 g/mol. The van der Waals surface area contributed by atoms with Crippen molar-refractivity contribution in [3.63, 3.8) is 0 Å². The maximum Gasteiger partial charge on any atom is 0.0900 e. The van der Waals surface area contributed by atoms with E-state index in [1.54, 1.807) is 0 Å². The molecule has 2 nitrogen and oxygen atoms in total. The number of hydrogen-bond acceptors (Lipinski definition) is 3. The van der Waals surface area contributed by atoms with E-state index in [1.165, 1.54) is 34.8 Å². The average Bonchev–Trinajstić information content (AvgIpc) is 2.52. The number of aromatic nitrogens is 1. The Labute approximate surface area is 97.1 Å². The minimum atomic E-state index is 0.515. The molecule has 1 unspecified atom stereocenters. The number of aryl methyl sites for hydroxylation is 2. The summed E-state index contributed by atoms with van der Waals surface area (Å²) in [6.07, 6.45) is 3.62. The molecule has 0 aliphatic rings. The van der Waals surface area contributed by atoms with Gasteiger partial charge in [0, 0.05) is 10.9 Å². The van der Waals surface area contributed by atoms with Crippen LogP contribution in [0.15, 0.2) is 0 Å². The van der Waals surface area contributed by atoms with Crippen LogP contribution in [0.25, 0.3) is 0 Å². The Balaban J connectivity index is 2.73. The average molecular weight is 226 g/mol. The lowest BCUT2D eigenvalue weighted by Gasteiger charge is -2.16. The molecule has 1 aromatic heterocycles. The summed E-state index contributed by atoms with van der Waals surface area (Å²) >= 11 is 1.84. The van der Waals surface area contributed by atoms with Gasteiger partial charge in [0.15, 0.2) is 0 Å². The molecule has 1 rings (SSSR count). The Morgan fingerprint density at radius 1 is 1.27 bits per heavy atom. The third-order valence-corrected chi connectivity index (χ3v) is 3.66. The summed E-state index contributed by atoms with van der Waals surface area (Å²) in [5.74, 6) is 0. The van der Waals surface area contributed by atoms with Gasteiger partial charge in [-0.05, 0) is 33.2 Å². The third kappa shape index (κ3) is 3.58. The van der Waals surface area contributed by atoms with E-state index in [0.29, 0.717) is 6.04 Å². The predicted octanol–water partition coefficient (Wildman–Crippen LogP) is 3.60. The molecule has 0 radical (unpaired) electrons. The molecule has 0 amide bonds. The molecule has 0 aromatic carbocycles. The first kappa shape index (κ1) is 12.7. The molecule has 3 heteroatoms. The molecule has 1 heterocycles. The van der Waals surface area contributed by atoms with Crippen molar-refractivity contribution in [2.45, 2.75) is 53.0 Å². The van der Waals surface area contributed by atoms with Gasteiger partial charge >= 0.3 is 0 Å². The van der Waals surface area contributed by atoms with Gasteiger partial charge in [0.05, 0.1) is 10.7 Å². The van der Waals surface area contributed by atoms with Crippen molar-refractivity contribution in [2.24, 2.45) is 0 Å². The van der Waals surface area contributed by atoms with Crippen LogP contribution in [0.4, 0.5) is 0 Å². The first-order chi connectivity index (χ1) is 7.19. The molecule has 1 atom stereocenters. The Hall–Kier alpha value is -0.410. The lowest BCUT2D eigenvalue weighted by molar-refractivity contribution is 0.498. The van der Waals surface area contributed by atoms with Crippen molar-refractivity contribution >= 4 is 11.3 Å². The van der Waals surface area contributed by atoms with Gasteiger partial charge in [-0.2, -0.15) is 0 Å². The molecule has 0 bridgehead atoms. The molecule has 0 spiro atoms. The van der Waals surface area contributed by atoms with Crippen LogP contribution >= 0.6 is 11.3 Å². The highest BCUT2D eigenvalue weighted by Gasteiger charge is 2.15. The van der Waals surface area contributed by atoms with Crippen LogP contribution in [-0.4, -0.2) is 11.5 Å². The lowest BCUT2D eigenvalue weighted by atomic mass is 10.1. The molecule has 1 N–H and O–H groups in total. The Morgan fingerprint density at radius 2 is 2.00 bits per heavy atom. The maximum absolute atomic E-state index is 4.50. The number of hydrogen-bond donors (Lipinski definition) is 1. The minimum Gasteiger partial charge on any atom is -0.309 e. The van der Waals surface area contributed by atoms with Crippen LogP contribution in [0.1, 0.15) is 54.7 Å². The van der Waals surface area contributed by atoms with E-state index < -0.39 is 0 Å². The van der Waals surface area contributed by atoms with Crippen molar-refractivity contribution in [3.05, 3.63) is 15.6 Å². The van der Waals surface area contributed by atoms with Crippen LogP contribution in [0.5, 0.6) is 0 Å². The third-order valence-electron chi connectivity index (χ3n) is 2.47. The fourth-order valence-electron chi connectivity index (χ4n) is 1.80. The molecule has 86 valence electrons. The summed E-state index contributed by atoms with van der Waals surface area (Å²) in [4.78, 5) is 5.93. The number of nitrogens with one attached hydrogen (secondary N) is 1. The van der Waals surface area contributed by atoms with E-state index in [2.05, 4.69) is 38.0 Å². The second kappa shape index (κ2) is 6.23. The van der Waals surface area contributed by atoms with Crippen molar-refractivity contribution in [1.82, 2.24) is 10.3 Å². The Bertz CT molecular complexity index is 294. The van der Waals surface area contributed by atoms with E-state index in [1.807, 2.05) is 11.3 Å². The highest BCUT2D eigenvalue weighted by molar-refractivity contribution is 7.11. The summed E-state index contributed by atoms with van der Waals surface area (Å²) in [5.41, 5.74) is 1.21. The summed E-state index contributed by atoms with van der Waals surface area (Å²) in [7, 11) is 0. The number of rotatable bonds is 6. The van der Waals surface area contributed by atoms with Crippen molar-refractivity contribution in [3.8, 4) is 0 Å². The number of nitrogens with zero attached hydrogens (tertiary/aromatic N) is 1. The zero-order valence-corrected chi connectivity index (χ0v) is 11.1. The zero-order chi connectivity index (χ0) is 11.3. The molecular weight excluding hydrogens is 204 g/mol. The van der Waals surface area contributed by atoms with Crippen LogP contribution in [0.3, 0.4) is 0 Å². The van der Waals surface area contributed by atoms with Crippen LogP contribution < -0.4 is 5.32 Å². The van der Waals surface area contributed by atoms with Gasteiger partial charge in [-0.15, -0.1) is 11.3 Å². The van der Waals surface area contributed by atoms with Crippen LogP contribution in [0.2, 0.25) is 0 Å². The van der Waals surface area contributed by atoms with E-state index in [9.17, 15) is 0 Å². The number of thiazole rings is 1. The van der Waals surface area contributed by atoms with E-state index in [-0.39, 0.29) is 0 Å². The molecule has 1 aromatic rings. The van der Waals surface area contributed by atoms with E-state index >= 15 is 0 Å². The van der Waals surface area contributed by atoms with Gasteiger partial charge in [0.1, 0.15) is 0 Å². The van der Waals surface area contributed by atoms with E-state index in [4.69, 9.17) is 0 Å². The largest absolute Gasteiger partial charge is 0.309 e. The SMILES string of the molecule is CCCNC(CCC)c1sc(C)nc1C. The zero-order valence-electron chi connectivity index (χ0n) is 10.3. The topological polar surface area (TPSA) is 24.9 Å². The van der Waals surface area contributed by atoms with Gasteiger partial charge in [0.25, 0.3) is 0 Å². The van der Waals surface area contributed by atoms with E-state index in [0.717, 1.165) is 6.54 Å². The molecule has 0 saturated carbocycles. The molecular formula is C12H22N2S. The van der Waals surface area contributed by atoms with Gasteiger partial charge in [-0.25, -0.2) is 4.98 Å². The van der Waals surface area contributed by atoms with Crippen molar-refractivity contribution in [2.75, 3.05) is 6.54 Å². The van der Waals surface area contributed by atoms with Crippen LogP contribution in [-0.2, 0) is 0 Å². The Morgan fingerprint density at radius 3 is 2.47 bits per heavy atom. The first-order valence-corrected chi connectivity index (χ1v) is 6.68. The van der Waals surface area contributed by atoms with Gasteiger partial charge < -0.3 is 5.32 Å². The molecule has 0 fully saturated rings. The summed E-state index contributed by atoms with van der Waals surface area (Å²) in [5, 5.41) is 4.79. The van der Waals surface area contributed by atoms with Crippen LogP contribution in [0, 0.1) is 13.8 Å². The van der Waals surface area contributed by atoms with Gasteiger partial charge in [-0.1, -0.05) is 20.3 Å². The molecule has 15 heavy (non-hydrogen) atoms. The fourth-order valence-corrected chi connectivity index (χ4v) is 2.84. The van der Waals surface area contributed by atoms with Gasteiger partial charge in [-0.3, -0.25) is 0 Å². The lowest BCUT2D eigenvalue weighted by Crippen LogP contribution is -2.21. The Kier molecular flexibility index (Phi) is 5.26. The minimum absolute atomic E-state index is 0.515. The molecule has 0 saturated heterocycles. The normalized spacial score (nSPS) is 13.1. The second-order valence-corrected chi connectivity index (χ2v) is 5.21. The highest BCUT2D eigenvalue weighted by atomic mass is 32.1. The van der Waals surface area contributed by atoms with Gasteiger partial charge in [0.2, 0.25) is 0 Å². The standard InChI is InChI=1S/C12H22N2S/c1-5-7-11(13-8-6-2)12-9(3)14-10(4)15-12/h11,13H,5-8H2,1-4H3. The molecule has 0 aliphatic carbocycles. The summed E-state index contributed by atoms with van der Waals surface area (Å²) in [6, 6.07) is 0.515. The fraction of sp³-hybridized carbons (Fsp3) is 0.750.